The molecular formula is C22H25NO6. The molecule has 4 aliphatic rings. The zero-order valence-corrected chi connectivity index (χ0v) is 16.8. The van der Waals surface area contributed by atoms with Crippen molar-refractivity contribution in [1.29, 1.82) is 0 Å². The van der Waals surface area contributed by atoms with Gasteiger partial charge in [0.15, 0.2) is 17.6 Å². The van der Waals surface area contributed by atoms with Crippen molar-refractivity contribution in [3.8, 4) is 11.5 Å². The summed E-state index contributed by atoms with van der Waals surface area (Å²) in [6, 6.07) is 4.23. The predicted octanol–water partition coefficient (Wildman–Crippen LogP) is 1.62. The summed E-state index contributed by atoms with van der Waals surface area (Å²) < 4.78 is 22.6. The Labute approximate surface area is 169 Å². The van der Waals surface area contributed by atoms with Crippen LogP contribution in [0, 0.1) is 5.92 Å². The van der Waals surface area contributed by atoms with Crippen LogP contribution >= 0.6 is 0 Å². The summed E-state index contributed by atoms with van der Waals surface area (Å²) in [6.45, 7) is 2.22. The monoisotopic (exact) mass is 399 g/mol. The van der Waals surface area contributed by atoms with Crippen molar-refractivity contribution in [1.82, 2.24) is 4.90 Å². The number of ether oxygens (including phenoxy) is 4. The fourth-order valence-electron chi connectivity index (χ4n) is 5.85. The Kier molecular flexibility index (Phi) is 4.22. The molecule has 2 bridgehead atoms. The molecule has 1 fully saturated rings. The Morgan fingerprint density at radius 2 is 2.14 bits per heavy atom. The van der Waals surface area contributed by atoms with Gasteiger partial charge < -0.3 is 23.8 Å². The second-order valence-electron chi connectivity index (χ2n) is 8.40. The molecule has 0 N–H and O–H groups in total. The van der Waals surface area contributed by atoms with Crippen molar-refractivity contribution in [2.45, 2.75) is 43.4 Å². The molecular weight excluding hydrogens is 374 g/mol. The molecule has 2 aliphatic carbocycles. The van der Waals surface area contributed by atoms with Gasteiger partial charge in [0.2, 0.25) is 0 Å². The van der Waals surface area contributed by atoms with E-state index in [0.717, 1.165) is 24.9 Å². The van der Waals surface area contributed by atoms with Gasteiger partial charge in [0, 0.05) is 37.0 Å². The summed E-state index contributed by atoms with van der Waals surface area (Å²) in [5.41, 5.74) is 2.07. The normalized spacial score (nSPS) is 33.6. The predicted molar refractivity (Wildman–Crippen MR) is 103 cm³/mol. The standard InChI is InChI=1S/C22H25NO6/c1-12(24)27-16-6-4-13-10-15-14-5-7-17(28-18(25)11-26-3)21-22(14,8-9-23(15)2)19(13)20(16)29-21/h4-7,14-15,17,21H,8-11H2,1-3H3/t14-,15+,17?,21?,22-/m0/s1. The lowest BCUT2D eigenvalue weighted by Gasteiger charge is -2.56. The van der Waals surface area contributed by atoms with Crippen LogP contribution in [0.1, 0.15) is 24.5 Å². The molecule has 1 spiro atoms. The fraction of sp³-hybridized carbons (Fsp3) is 0.545. The van der Waals surface area contributed by atoms with Crippen molar-refractivity contribution in [3.63, 3.8) is 0 Å². The minimum Gasteiger partial charge on any atom is -0.481 e. The second kappa shape index (κ2) is 6.57. The van der Waals surface area contributed by atoms with Gasteiger partial charge in [-0.05, 0) is 44.1 Å². The molecule has 0 amide bonds. The van der Waals surface area contributed by atoms with Crippen molar-refractivity contribution in [2.24, 2.45) is 5.92 Å². The van der Waals surface area contributed by atoms with E-state index in [2.05, 4.69) is 24.1 Å². The highest BCUT2D eigenvalue weighted by molar-refractivity contribution is 5.73. The molecule has 7 heteroatoms. The van der Waals surface area contributed by atoms with Crippen molar-refractivity contribution in [3.05, 3.63) is 35.4 Å². The van der Waals surface area contributed by atoms with E-state index >= 15 is 0 Å². The van der Waals surface area contributed by atoms with E-state index < -0.39 is 12.1 Å². The first kappa shape index (κ1) is 18.6. The van der Waals surface area contributed by atoms with Crippen LogP contribution in [0.2, 0.25) is 0 Å². The van der Waals surface area contributed by atoms with E-state index in [0.29, 0.717) is 17.5 Å². The molecule has 2 heterocycles. The second-order valence-corrected chi connectivity index (χ2v) is 8.40. The number of piperidine rings is 1. The van der Waals surface area contributed by atoms with Crippen LogP contribution in [0.15, 0.2) is 24.3 Å². The van der Waals surface area contributed by atoms with Gasteiger partial charge in [0.1, 0.15) is 12.7 Å². The molecule has 2 aliphatic heterocycles. The van der Waals surface area contributed by atoms with Gasteiger partial charge in [-0.2, -0.15) is 0 Å². The van der Waals surface area contributed by atoms with E-state index in [4.69, 9.17) is 18.9 Å². The van der Waals surface area contributed by atoms with E-state index in [9.17, 15) is 9.59 Å². The molecule has 1 aromatic carbocycles. The van der Waals surface area contributed by atoms with Crippen molar-refractivity contribution in [2.75, 3.05) is 27.3 Å². The van der Waals surface area contributed by atoms with Crippen molar-refractivity contribution < 1.29 is 28.5 Å². The third-order valence-electron chi connectivity index (χ3n) is 6.90. The van der Waals surface area contributed by atoms with E-state index in [1.807, 2.05) is 12.1 Å². The largest absolute Gasteiger partial charge is 0.481 e. The number of hydrogen-bond acceptors (Lipinski definition) is 7. The lowest BCUT2D eigenvalue weighted by molar-refractivity contribution is -0.159. The lowest BCUT2D eigenvalue weighted by Crippen LogP contribution is -2.65. The molecule has 154 valence electrons. The molecule has 1 aromatic rings. The maximum Gasteiger partial charge on any atom is 0.332 e. The van der Waals surface area contributed by atoms with Crippen LogP contribution in [-0.2, 0) is 30.9 Å². The quantitative estimate of drug-likeness (QED) is 0.433. The number of likely N-dealkylation sites (tertiary alicyclic amines) is 1. The molecule has 5 rings (SSSR count). The minimum absolute atomic E-state index is 0.101. The van der Waals surface area contributed by atoms with Gasteiger partial charge in [-0.1, -0.05) is 12.1 Å². The summed E-state index contributed by atoms with van der Waals surface area (Å²) in [6.07, 6.45) is 5.10. The van der Waals surface area contributed by atoms with Gasteiger partial charge in [-0.15, -0.1) is 0 Å². The Balaban J connectivity index is 1.64. The highest BCUT2D eigenvalue weighted by atomic mass is 16.6. The maximum atomic E-state index is 12.2. The highest BCUT2D eigenvalue weighted by Crippen LogP contribution is 2.62. The number of nitrogens with zero attached hydrogens (tertiary/aromatic N) is 1. The first-order valence-electron chi connectivity index (χ1n) is 10.0. The SMILES string of the molecule is COCC(=O)OC1C=C[C@H]2[C@H]3Cc4ccc(OC(C)=O)c5c4[C@@]2(CCN3C)C1O5. The van der Waals surface area contributed by atoms with Gasteiger partial charge in [0.25, 0.3) is 0 Å². The number of carbonyl (C=O) groups excluding carboxylic acids is 2. The van der Waals surface area contributed by atoms with Crippen LogP contribution in [0.25, 0.3) is 0 Å². The molecule has 0 radical (unpaired) electrons. The summed E-state index contributed by atoms with van der Waals surface area (Å²) in [5, 5.41) is 0. The van der Waals surface area contributed by atoms with Gasteiger partial charge >= 0.3 is 11.9 Å². The summed E-state index contributed by atoms with van der Waals surface area (Å²) in [5.74, 6) is 0.527. The van der Waals surface area contributed by atoms with Gasteiger partial charge in [-0.3, -0.25) is 4.79 Å². The molecule has 2 unspecified atom stereocenters. The van der Waals surface area contributed by atoms with Crippen LogP contribution in [0.3, 0.4) is 0 Å². The van der Waals surface area contributed by atoms with Crippen LogP contribution in [0.5, 0.6) is 11.5 Å². The third-order valence-corrected chi connectivity index (χ3v) is 6.90. The molecule has 5 atom stereocenters. The Hall–Kier alpha value is -2.38. The number of likely N-dealkylation sites (N-methyl/N-ethyl adjacent to an activating group) is 1. The number of esters is 2. The molecule has 29 heavy (non-hydrogen) atoms. The summed E-state index contributed by atoms with van der Waals surface area (Å²) in [7, 11) is 3.63. The smallest absolute Gasteiger partial charge is 0.332 e. The molecule has 0 saturated carbocycles. The van der Waals surface area contributed by atoms with Crippen molar-refractivity contribution >= 4 is 11.9 Å². The highest BCUT2D eigenvalue weighted by Gasteiger charge is 2.65. The topological polar surface area (TPSA) is 74.3 Å². The first-order valence-corrected chi connectivity index (χ1v) is 10.0. The molecule has 7 nitrogen and oxygen atoms in total. The molecule has 1 saturated heterocycles. The maximum absolute atomic E-state index is 12.2. The summed E-state index contributed by atoms with van der Waals surface area (Å²) >= 11 is 0. The first-order chi connectivity index (χ1) is 14.0. The van der Waals surface area contributed by atoms with Crippen LogP contribution < -0.4 is 9.47 Å². The zero-order chi connectivity index (χ0) is 20.3. The van der Waals surface area contributed by atoms with Gasteiger partial charge in [-0.25, -0.2) is 4.79 Å². The lowest BCUT2D eigenvalue weighted by atomic mass is 9.53. The minimum atomic E-state index is -0.513. The Bertz CT molecular complexity index is 911. The number of hydrogen-bond donors (Lipinski definition) is 0. The third kappa shape index (κ3) is 2.57. The number of benzene rings is 1. The van der Waals surface area contributed by atoms with E-state index in [1.54, 1.807) is 0 Å². The average molecular weight is 399 g/mol. The number of methoxy groups -OCH3 is 1. The average Bonchev–Trinajstić information content (AvgIpc) is 3.02. The van der Waals surface area contributed by atoms with E-state index in [1.165, 1.54) is 19.6 Å². The number of rotatable bonds is 4. The fourth-order valence-corrected chi connectivity index (χ4v) is 5.85. The van der Waals surface area contributed by atoms with Gasteiger partial charge in [0.05, 0.1) is 0 Å². The van der Waals surface area contributed by atoms with Crippen LogP contribution in [0.4, 0.5) is 0 Å². The van der Waals surface area contributed by atoms with E-state index in [-0.39, 0.29) is 30.0 Å². The van der Waals surface area contributed by atoms with Crippen LogP contribution in [-0.4, -0.2) is 62.4 Å². The number of carbonyl (C=O) groups is 2. The summed E-state index contributed by atoms with van der Waals surface area (Å²) in [4.78, 5) is 26.2. The molecule has 0 aromatic heterocycles. The zero-order valence-electron chi connectivity index (χ0n) is 16.8. The Morgan fingerprint density at radius 3 is 2.90 bits per heavy atom. The Morgan fingerprint density at radius 1 is 1.31 bits per heavy atom.